The number of hydrogen-bond acceptors (Lipinski definition) is 3. The molecule has 2 heterocycles. The van der Waals surface area contributed by atoms with Gasteiger partial charge in [0.25, 0.3) is 5.91 Å². The second-order valence-corrected chi connectivity index (χ2v) is 6.01. The van der Waals surface area contributed by atoms with Crippen LogP contribution in [0, 0.1) is 5.92 Å². The second-order valence-electron chi connectivity index (χ2n) is 6.01. The third-order valence-corrected chi connectivity index (χ3v) is 4.58. The molecule has 2 aliphatic heterocycles. The number of aryl methyl sites for hydroxylation is 1. The van der Waals surface area contributed by atoms with Gasteiger partial charge >= 0.3 is 0 Å². The lowest BCUT2D eigenvalue weighted by molar-refractivity contribution is -0.163. The largest absolute Gasteiger partial charge is 0.364 e. The molecular formula is C16H22N2O2. The molecule has 108 valence electrons. The number of nitrogens with zero attached hydrogens (tertiary/aromatic N) is 1. The van der Waals surface area contributed by atoms with Gasteiger partial charge in [0.2, 0.25) is 5.72 Å². The molecule has 4 heteroatoms. The van der Waals surface area contributed by atoms with Crippen molar-refractivity contribution in [3.63, 3.8) is 0 Å². The van der Waals surface area contributed by atoms with Crippen LogP contribution >= 0.6 is 0 Å². The summed E-state index contributed by atoms with van der Waals surface area (Å²) in [6.07, 6.45) is 3.03. The Morgan fingerprint density at radius 2 is 2.30 bits per heavy atom. The summed E-state index contributed by atoms with van der Waals surface area (Å²) >= 11 is 0. The maximum atomic E-state index is 12.4. The summed E-state index contributed by atoms with van der Waals surface area (Å²) in [7, 11) is 0. The Hall–Kier alpha value is -1.39. The Balaban J connectivity index is 2.04. The molecule has 2 aliphatic rings. The Kier molecular flexibility index (Phi) is 3.30. The fraction of sp³-hybridized carbons (Fsp3) is 0.562. The molecule has 0 unspecified atom stereocenters. The predicted molar refractivity (Wildman–Crippen MR) is 78.3 cm³/mol. The van der Waals surface area contributed by atoms with Crippen LogP contribution in [0.3, 0.4) is 0 Å². The summed E-state index contributed by atoms with van der Waals surface area (Å²) in [5, 5.41) is 14.0. The van der Waals surface area contributed by atoms with Crippen molar-refractivity contribution in [3.8, 4) is 0 Å². The van der Waals surface area contributed by atoms with Crippen molar-refractivity contribution in [3.05, 3.63) is 29.3 Å². The van der Waals surface area contributed by atoms with E-state index in [1.54, 1.807) is 0 Å². The van der Waals surface area contributed by atoms with E-state index >= 15 is 0 Å². The number of hydrogen-bond donors (Lipinski definition) is 2. The number of para-hydroxylation sites is 1. The average molecular weight is 274 g/mol. The van der Waals surface area contributed by atoms with Crippen molar-refractivity contribution < 1.29 is 9.90 Å². The van der Waals surface area contributed by atoms with E-state index in [-0.39, 0.29) is 5.91 Å². The van der Waals surface area contributed by atoms with Gasteiger partial charge in [-0.15, -0.1) is 0 Å². The summed E-state index contributed by atoms with van der Waals surface area (Å²) in [4.78, 5) is 14.4. The summed E-state index contributed by atoms with van der Waals surface area (Å²) in [5.74, 6) is 0.210. The first-order valence-electron chi connectivity index (χ1n) is 7.48. The van der Waals surface area contributed by atoms with Gasteiger partial charge in [0, 0.05) is 18.7 Å². The molecular weight excluding hydrogens is 252 g/mol. The number of carbonyl (C=O) groups excluding carboxylic acids is 1. The zero-order valence-electron chi connectivity index (χ0n) is 12.1. The molecule has 20 heavy (non-hydrogen) atoms. The molecule has 0 radical (unpaired) electrons. The lowest BCUT2D eigenvalue weighted by atomic mass is 9.93. The molecule has 0 aliphatic carbocycles. The monoisotopic (exact) mass is 274 g/mol. The highest BCUT2D eigenvalue weighted by atomic mass is 16.3. The molecule has 1 saturated heterocycles. The normalized spacial score (nSPS) is 30.1. The molecule has 2 N–H and O–H groups in total. The van der Waals surface area contributed by atoms with Crippen molar-refractivity contribution >= 4 is 11.6 Å². The first kappa shape index (κ1) is 13.6. The number of nitrogens with one attached hydrogen (secondary N) is 1. The number of anilines is 1. The molecule has 0 aromatic heterocycles. The number of amides is 1. The zero-order valence-corrected chi connectivity index (χ0v) is 12.1. The minimum absolute atomic E-state index is 0.303. The summed E-state index contributed by atoms with van der Waals surface area (Å²) in [5.41, 5.74) is 1.11. The van der Waals surface area contributed by atoms with E-state index in [0.717, 1.165) is 49.2 Å². The highest BCUT2D eigenvalue weighted by Gasteiger charge is 2.51. The van der Waals surface area contributed by atoms with Crippen LogP contribution in [0.5, 0.6) is 0 Å². The second kappa shape index (κ2) is 4.86. The van der Waals surface area contributed by atoms with Gasteiger partial charge in [-0.2, -0.15) is 0 Å². The van der Waals surface area contributed by atoms with Gasteiger partial charge in [-0.3, -0.25) is 9.69 Å². The van der Waals surface area contributed by atoms with Crippen LogP contribution in [0.1, 0.15) is 37.8 Å². The van der Waals surface area contributed by atoms with Gasteiger partial charge in [0.1, 0.15) is 0 Å². The summed E-state index contributed by atoms with van der Waals surface area (Å²) in [6, 6.07) is 5.80. The SMILES string of the molecule is CCc1cccc2c1NC(=O)[C@]2(O)N1CCC[C@H](C)C1. The molecule has 0 bridgehead atoms. The lowest BCUT2D eigenvalue weighted by Gasteiger charge is -2.39. The van der Waals surface area contributed by atoms with Crippen LogP contribution < -0.4 is 5.32 Å². The minimum atomic E-state index is -1.49. The number of likely N-dealkylation sites (tertiary alicyclic amines) is 1. The Bertz CT molecular complexity index is 543. The summed E-state index contributed by atoms with van der Waals surface area (Å²) in [6.45, 7) is 5.76. The molecule has 4 nitrogen and oxygen atoms in total. The van der Waals surface area contributed by atoms with Crippen LogP contribution in [0.25, 0.3) is 0 Å². The zero-order chi connectivity index (χ0) is 14.3. The van der Waals surface area contributed by atoms with Crippen molar-refractivity contribution in [2.45, 2.75) is 38.8 Å². The van der Waals surface area contributed by atoms with E-state index in [9.17, 15) is 9.90 Å². The van der Waals surface area contributed by atoms with E-state index in [1.807, 2.05) is 23.1 Å². The fourth-order valence-corrected chi connectivity index (χ4v) is 3.45. The topological polar surface area (TPSA) is 52.6 Å². The lowest BCUT2D eigenvalue weighted by Crippen LogP contribution is -2.54. The van der Waals surface area contributed by atoms with Crippen LogP contribution in [0.2, 0.25) is 0 Å². The van der Waals surface area contributed by atoms with Crippen LogP contribution in [0.4, 0.5) is 5.69 Å². The smallest absolute Gasteiger partial charge is 0.276 e. The maximum absolute atomic E-state index is 12.4. The predicted octanol–water partition coefficient (Wildman–Crippen LogP) is 2.08. The number of fused-ring (bicyclic) bond motifs is 1. The molecule has 0 spiro atoms. The maximum Gasteiger partial charge on any atom is 0.276 e. The third kappa shape index (κ3) is 1.86. The number of benzene rings is 1. The van der Waals surface area contributed by atoms with E-state index in [1.165, 1.54) is 0 Å². The van der Waals surface area contributed by atoms with Crippen molar-refractivity contribution in [2.24, 2.45) is 5.92 Å². The third-order valence-electron chi connectivity index (χ3n) is 4.58. The van der Waals surface area contributed by atoms with Gasteiger partial charge in [0.15, 0.2) is 0 Å². The van der Waals surface area contributed by atoms with Crippen LogP contribution in [-0.4, -0.2) is 29.0 Å². The molecule has 3 rings (SSSR count). The minimum Gasteiger partial charge on any atom is -0.364 e. The van der Waals surface area contributed by atoms with E-state index in [4.69, 9.17) is 0 Å². The summed E-state index contributed by atoms with van der Waals surface area (Å²) < 4.78 is 0. The van der Waals surface area contributed by atoms with Gasteiger partial charge in [0.05, 0.1) is 5.69 Å². The van der Waals surface area contributed by atoms with Gasteiger partial charge < -0.3 is 10.4 Å². The highest BCUT2D eigenvalue weighted by molar-refractivity contribution is 6.05. The van der Waals surface area contributed by atoms with Gasteiger partial charge in [-0.05, 0) is 30.7 Å². The molecule has 1 fully saturated rings. The standard InChI is InChI=1S/C16H22N2O2/c1-3-12-7-4-8-13-14(12)17-15(19)16(13,20)18-9-5-6-11(2)10-18/h4,7-8,11,20H,3,5-6,9-10H2,1-2H3,(H,17,19)/t11-,16-/m0/s1. The molecule has 0 saturated carbocycles. The fourth-order valence-electron chi connectivity index (χ4n) is 3.45. The Labute approximate surface area is 119 Å². The average Bonchev–Trinajstić information content (AvgIpc) is 2.72. The van der Waals surface area contributed by atoms with Crippen LogP contribution in [0.15, 0.2) is 18.2 Å². The molecule has 1 amide bonds. The van der Waals surface area contributed by atoms with Crippen molar-refractivity contribution in [1.82, 2.24) is 4.90 Å². The highest BCUT2D eigenvalue weighted by Crippen LogP contribution is 2.42. The van der Waals surface area contributed by atoms with Crippen LogP contribution in [-0.2, 0) is 16.9 Å². The Morgan fingerprint density at radius 3 is 3.00 bits per heavy atom. The first-order chi connectivity index (χ1) is 9.57. The first-order valence-corrected chi connectivity index (χ1v) is 7.48. The van der Waals surface area contributed by atoms with E-state index < -0.39 is 5.72 Å². The van der Waals surface area contributed by atoms with Crippen molar-refractivity contribution in [2.75, 3.05) is 18.4 Å². The number of rotatable bonds is 2. The number of piperidine rings is 1. The number of aliphatic hydroxyl groups is 1. The van der Waals surface area contributed by atoms with Gasteiger partial charge in [-0.25, -0.2) is 0 Å². The Morgan fingerprint density at radius 1 is 1.50 bits per heavy atom. The quantitative estimate of drug-likeness (QED) is 0.868. The van der Waals surface area contributed by atoms with Crippen molar-refractivity contribution in [1.29, 1.82) is 0 Å². The van der Waals surface area contributed by atoms with E-state index in [2.05, 4.69) is 19.2 Å². The number of carbonyl (C=O) groups is 1. The molecule has 1 aromatic rings. The molecule has 1 aromatic carbocycles. The van der Waals surface area contributed by atoms with E-state index in [0.29, 0.717) is 5.92 Å². The van der Waals surface area contributed by atoms with Gasteiger partial charge in [-0.1, -0.05) is 32.0 Å². The molecule has 2 atom stereocenters.